The minimum Gasteiger partial charge on any atom is -0.481 e. The Labute approximate surface area is 110 Å². The molecule has 0 radical (unpaired) electrons. The number of hydrogen-bond donors (Lipinski definition) is 1. The van der Waals surface area contributed by atoms with Crippen molar-refractivity contribution < 1.29 is 9.90 Å². The minimum atomic E-state index is -0.742. The predicted octanol–water partition coefficient (Wildman–Crippen LogP) is 2.87. The third kappa shape index (κ3) is 3.09. The largest absolute Gasteiger partial charge is 0.481 e. The van der Waals surface area contributed by atoms with Crippen molar-refractivity contribution in [3.8, 4) is 0 Å². The molecule has 0 spiro atoms. The van der Waals surface area contributed by atoms with Crippen molar-refractivity contribution in [1.29, 1.82) is 0 Å². The lowest BCUT2D eigenvalue weighted by molar-refractivity contribution is -0.143. The lowest BCUT2D eigenvalue weighted by atomic mass is 9.91. The fraction of sp³-hybridized carbons (Fsp3) is 0.667. The van der Waals surface area contributed by atoms with Crippen LogP contribution in [0.25, 0.3) is 0 Å². The van der Waals surface area contributed by atoms with Gasteiger partial charge in [-0.3, -0.25) is 9.48 Å². The molecule has 0 saturated heterocycles. The van der Waals surface area contributed by atoms with Crippen LogP contribution in [0.15, 0.2) is 4.47 Å². The van der Waals surface area contributed by atoms with Gasteiger partial charge in [0.25, 0.3) is 0 Å². The highest BCUT2D eigenvalue weighted by Crippen LogP contribution is 2.26. The Morgan fingerprint density at radius 1 is 1.53 bits per heavy atom. The van der Waals surface area contributed by atoms with Crippen molar-refractivity contribution in [1.82, 2.24) is 9.78 Å². The number of aliphatic carboxylic acids is 1. The Kier molecular flexibility index (Phi) is 4.74. The molecule has 0 bridgehead atoms. The van der Waals surface area contributed by atoms with Gasteiger partial charge in [0.1, 0.15) is 0 Å². The smallest absolute Gasteiger partial charge is 0.307 e. The molecule has 0 aromatic carbocycles. The van der Waals surface area contributed by atoms with Gasteiger partial charge >= 0.3 is 5.97 Å². The van der Waals surface area contributed by atoms with E-state index in [1.165, 1.54) is 0 Å². The minimum absolute atomic E-state index is 0.111. The molecule has 0 aliphatic carbocycles. The first kappa shape index (κ1) is 14.2. The molecule has 17 heavy (non-hydrogen) atoms. The number of nitrogens with zero attached hydrogens (tertiary/aromatic N) is 2. The summed E-state index contributed by atoms with van der Waals surface area (Å²) in [6, 6.07) is 0. The molecule has 0 aliphatic heterocycles. The zero-order valence-corrected chi connectivity index (χ0v) is 12.3. The van der Waals surface area contributed by atoms with E-state index in [4.69, 9.17) is 0 Å². The maximum Gasteiger partial charge on any atom is 0.307 e. The Bertz CT molecular complexity index is 413. The molecule has 96 valence electrons. The summed E-state index contributed by atoms with van der Waals surface area (Å²) in [7, 11) is 0. The Balaban J connectivity index is 3.04. The molecule has 5 heteroatoms. The van der Waals surface area contributed by atoms with Gasteiger partial charge in [-0.1, -0.05) is 13.8 Å². The van der Waals surface area contributed by atoms with Crippen LogP contribution in [0.3, 0.4) is 0 Å². The van der Waals surface area contributed by atoms with Gasteiger partial charge in [-0.2, -0.15) is 5.10 Å². The molecule has 1 aromatic heterocycles. The molecule has 0 fully saturated rings. The normalized spacial score (nSPS) is 13.1. The van der Waals surface area contributed by atoms with Crippen LogP contribution in [0, 0.1) is 18.8 Å². The number of carboxylic acids is 1. The number of aryl methyl sites for hydroxylation is 2. The summed E-state index contributed by atoms with van der Waals surface area (Å²) in [5.74, 6) is -0.999. The first-order valence-electron chi connectivity index (χ1n) is 5.83. The van der Waals surface area contributed by atoms with Crippen LogP contribution >= 0.6 is 15.9 Å². The molecule has 1 rings (SSSR count). The van der Waals surface area contributed by atoms with E-state index in [-0.39, 0.29) is 11.8 Å². The second-order valence-corrected chi connectivity index (χ2v) is 5.35. The summed E-state index contributed by atoms with van der Waals surface area (Å²) in [4.78, 5) is 11.2. The van der Waals surface area contributed by atoms with E-state index < -0.39 is 5.97 Å². The van der Waals surface area contributed by atoms with Gasteiger partial charge < -0.3 is 5.11 Å². The fourth-order valence-electron chi connectivity index (χ4n) is 1.88. The van der Waals surface area contributed by atoms with Gasteiger partial charge in [-0.15, -0.1) is 0 Å². The number of carboxylic acid groups (broad SMARTS) is 1. The first-order chi connectivity index (χ1) is 7.88. The number of hydrogen-bond acceptors (Lipinski definition) is 2. The van der Waals surface area contributed by atoms with Gasteiger partial charge in [0, 0.05) is 13.0 Å². The van der Waals surface area contributed by atoms with Crippen molar-refractivity contribution >= 4 is 21.9 Å². The van der Waals surface area contributed by atoms with Crippen LogP contribution < -0.4 is 0 Å². The third-order valence-corrected chi connectivity index (χ3v) is 4.02. The lowest BCUT2D eigenvalue weighted by Crippen LogP contribution is -2.23. The summed E-state index contributed by atoms with van der Waals surface area (Å²) in [6.07, 6.45) is 0.516. The standard InChI is InChI=1S/C12H19BrN2O2/c1-5-15-10(11(13)8(4)14-15)6-9(7(2)3)12(16)17/h7,9H,5-6H2,1-4H3,(H,16,17). The molecule has 4 nitrogen and oxygen atoms in total. The van der Waals surface area contributed by atoms with Crippen LogP contribution in [-0.2, 0) is 17.8 Å². The zero-order chi connectivity index (χ0) is 13.2. The summed E-state index contributed by atoms with van der Waals surface area (Å²) in [5.41, 5.74) is 1.89. The molecule has 0 amide bonds. The molecule has 1 unspecified atom stereocenters. The van der Waals surface area contributed by atoms with Crippen molar-refractivity contribution in [3.05, 3.63) is 15.9 Å². The van der Waals surface area contributed by atoms with Crippen LogP contribution in [0.5, 0.6) is 0 Å². The molecular weight excluding hydrogens is 284 g/mol. The fourth-order valence-corrected chi connectivity index (χ4v) is 2.33. The highest BCUT2D eigenvalue weighted by atomic mass is 79.9. The predicted molar refractivity (Wildman–Crippen MR) is 70.0 cm³/mol. The van der Waals surface area contributed by atoms with Crippen LogP contribution in [0.2, 0.25) is 0 Å². The van der Waals surface area contributed by atoms with Crippen molar-refractivity contribution in [2.75, 3.05) is 0 Å². The van der Waals surface area contributed by atoms with Crippen LogP contribution in [0.1, 0.15) is 32.2 Å². The third-order valence-electron chi connectivity index (χ3n) is 2.99. The van der Waals surface area contributed by atoms with Gasteiger partial charge in [0.2, 0.25) is 0 Å². The van der Waals surface area contributed by atoms with E-state index in [0.717, 1.165) is 22.4 Å². The molecule has 0 saturated carbocycles. The zero-order valence-electron chi connectivity index (χ0n) is 10.7. The highest BCUT2D eigenvalue weighted by Gasteiger charge is 2.25. The van der Waals surface area contributed by atoms with Gasteiger partial charge in [-0.05, 0) is 35.7 Å². The molecule has 1 heterocycles. The van der Waals surface area contributed by atoms with E-state index in [9.17, 15) is 9.90 Å². The number of carbonyl (C=O) groups is 1. The van der Waals surface area contributed by atoms with Gasteiger partial charge in [0.05, 0.1) is 21.8 Å². The molecular formula is C12H19BrN2O2. The average molecular weight is 303 g/mol. The highest BCUT2D eigenvalue weighted by molar-refractivity contribution is 9.10. The Hall–Kier alpha value is -0.840. The van der Waals surface area contributed by atoms with E-state index in [0.29, 0.717) is 6.42 Å². The number of rotatable bonds is 5. The van der Waals surface area contributed by atoms with Gasteiger partial charge in [0.15, 0.2) is 0 Å². The van der Waals surface area contributed by atoms with Gasteiger partial charge in [-0.25, -0.2) is 0 Å². The second kappa shape index (κ2) is 5.67. The molecule has 1 N–H and O–H groups in total. The molecule has 1 atom stereocenters. The second-order valence-electron chi connectivity index (χ2n) is 4.55. The summed E-state index contributed by atoms with van der Waals surface area (Å²) < 4.78 is 2.81. The topological polar surface area (TPSA) is 55.1 Å². The monoisotopic (exact) mass is 302 g/mol. The first-order valence-corrected chi connectivity index (χ1v) is 6.62. The summed E-state index contributed by atoms with van der Waals surface area (Å²) in [6.45, 7) is 8.56. The SMILES string of the molecule is CCn1nc(C)c(Br)c1CC(C(=O)O)C(C)C. The maximum absolute atomic E-state index is 11.2. The van der Waals surface area contributed by atoms with E-state index in [2.05, 4.69) is 21.0 Å². The van der Waals surface area contributed by atoms with Crippen LogP contribution in [0.4, 0.5) is 0 Å². The van der Waals surface area contributed by atoms with E-state index >= 15 is 0 Å². The lowest BCUT2D eigenvalue weighted by Gasteiger charge is -2.17. The van der Waals surface area contributed by atoms with Crippen molar-refractivity contribution in [2.24, 2.45) is 11.8 Å². The molecule has 0 aliphatic rings. The molecule has 1 aromatic rings. The maximum atomic E-state index is 11.2. The summed E-state index contributed by atoms with van der Waals surface area (Å²) in [5, 5.41) is 13.6. The number of aromatic nitrogens is 2. The van der Waals surface area contributed by atoms with E-state index in [1.54, 1.807) is 0 Å². The number of halogens is 1. The van der Waals surface area contributed by atoms with Crippen LogP contribution in [-0.4, -0.2) is 20.9 Å². The summed E-state index contributed by atoms with van der Waals surface area (Å²) >= 11 is 3.49. The Morgan fingerprint density at radius 2 is 2.12 bits per heavy atom. The average Bonchev–Trinajstić information content (AvgIpc) is 2.51. The van der Waals surface area contributed by atoms with Crippen molar-refractivity contribution in [2.45, 2.75) is 40.7 Å². The van der Waals surface area contributed by atoms with Crippen molar-refractivity contribution in [3.63, 3.8) is 0 Å². The quantitative estimate of drug-likeness (QED) is 0.910. The Morgan fingerprint density at radius 3 is 2.53 bits per heavy atom. The van der Waals surface area contributed by atoms with E-state index in [1.807, 2.05) is 32.4 Å².